The summed E-state index contributed by atoms with van der Waals surface area (Å²) in [4.78, 5) is 0.0272. The number of hydrogen-bond acceptors (Lipinski definition) is 4. The highest BCUT2D eigenvalue weighted by molar-refractivity contribution is 7.89. The maximum atomic E-state index is 12.0. The van der Waals surface area contributed by atoms with Crippen molar-refractivity contribution in [2.24, 2.45) is 11.1 Å². The van der Waals surface area contributed by atoms with E-state index in [0.29, 0.717) is 17.2 Å². The first-order valence-corrected chi connectivity index (χ1v) is 9.58. The second-order valence-corrected chi connectivity index (χ2v) is 7.87. The minimum Gasteiger partial charge on any atom is -0.355 e. The van der Waals surface area contributed by atoms with Crippen molar-refractivity contribution in [3.05, 3.63) is 60.3 Å². The highest BCUT2D eigenvalue weighted by atomic mass is 32.2. The molecule has 0 aliphatic rings. The predicted octanol–water partition coefficient (Wildman–Crippen LogP) is 3.85. The smallest absolute Gasteiger partial charge is 0.238 e. The second kappa shape index (κ2) is 6.82. The summed E-state index contributed by atoms with van der Waals surface area (Å²) >= 11 is 0. The van der Waals surface area contributed by atoms with Gasteiger partial charge in [0.15, 0.2) is 5.76 Å². The van der Waals surface area contributed by atoms with E-state index in [0.717, 1.165) is 23.2 Å². The zero-order valence-corrected chi connectivity index (χ0v) is 15.0. The molecule has 0 aliphatic carbocycles. The van der Waals surface area contributed by atoms with Crippen LogP contribution in [0.25, 0.3) is 22.5 Å². The van der Waals surface area contributed by atoms with Gasteiger partial charge in [0, 0.05) is 5.56 Å². The molecule has 2 aromatic carbocycles. The Balaban J connectivity index is 2.27. The van der Waals surface area contributed by atoms with E-state index in [1.165, 1.54) is 6.07 Å². The van der Waals surface area contributed by atoms with Gasteiger partial charge in [-0.2, -0.15) is 0 Å². The van der Waals surface area contributed by atoms with E-state index in [1.54, 1.807) is 18.2 Å². The molecule has 0 saturated carbocycles. The Labute approximate surface area is 147 Å². The van der Waals surface area contributed by atoms with Crippen molar-refractivity contribution < 1.29 is 12.9 Å². The molecule has 0 bridgehead atoms. The normalized spacial score (nSPS) is 11.8. The molecule has 25 heavy (non-hydrogen) atoms. The summed E-state index contributed by atoms with van der Waals surface area (Å²) in [6.07, 6.45) is 0.727. The first-order chi connectivity index (χ1) is 11.9. The van der Waals surface area contributed by atoms with Gasteiger partial charge in [0.05, 0.1) is 16.2 Å². The predicted molar refractivity (Wildman–Crippen MR) is 97.3 cm³/mol. The molecule has 1 aromatic heterocycles. The molecule has 5 nitrogen and oxygen atoms in total. The number of hydrogen-bond donors (Lipinski definition) is 1. The molecule has 0 spiro atoms. The van der Waals surface area contributed by atoms with Crippen LogP contribution in [0.15, 0.2) is 64.0 Å². The maximum absolute atomic E-state index is 12.0. The van der Waals surface area contributed by atoms with Crippen molar-refractivity contribution in [3.63, 3.8) is 0 Å². The zero-order chi connectivity index (χ0) is 18.0. The summed E-state index contributed by atoms with van der Waals surface area (Å²) < 4.78 is 29.6. The quantitative estimate of drug-likeness (QED) is 0.752. The van der Waals surface area contributed by atoms with E-state index in [4.69, 9.17) is 9.66 Å². The third kappa shape index (κ3) is 3.65. The van der Waals surface area contributed by atoms with Gasteiger partial charge in [0.2, 0.25) is 10.0 Å². The maximum Gasteiger partial charge on any atom is 0.238 e. The number of primary sulfonamides is 1. The molecule has 0 unspecified atom stereocenters. The number of sulfonamides is 1. The van der Waals surface area contributed by atoms with Gasteiger partial charge in [-0.1, -0.05) is 61.5 Å². The topological polar surface area (TPSA) is 86.2 Å². The molecule has 0 saturated heterocycles. The van der Waals surface area contributed by atoms with E-state index in [9.17, 15) is 8.42 Å². The monoisotopic (exact) mass is 356 g/mol. The standard InChI is InChI=1S/C19H20N2O3S/c1-13(2)12-16-18(14-8-4-3-5-9-14)19(24-21-16)15-10-6-7-11-17(15)25(20,22)23/h3-11,13H,12H2,1-2H3,(H2,20,22,23). The first kappa shape index (κ1) is 17.4. The Kier molecular flexibility index (Phi) is 4.74. The Morgan fingerprint density at radius 3 is 2.32 bits per heavy atom. The van der Waals surface area contributed by atoms with Crippen LogP contribution in [0.2, 0.25) is 0 Å². The van der Waals surface area contributed by atoms with Crippen LogP contribution in [0.3, 0.4) is 0 Å². The summed E-state index contributed by atoms with van der Waals surface area (Å²) in [6, 6.07) is 16.2. The van der Waals surface area contributed by atoms with E-state index >= 15 is 0 Å². The van der Waals surface area contributed by atoms with Gasteiger partial charge < -0.3 is 4.52 Å². The molecule has 2 N–H and O–H groups in total. The number of rotatable bonds is 5. The summed E-state index contributed by atoms with van der Waals surface area (Å²) in [5.41, 5.74) is 2.97. The van der Waals surface area contributed by atoms with Crippen molar-refractivity contribution in [2.75, 3.05) is 0 Å². The largest absolute Gasteiger partial charge is 0.355 e. The van der Waals surface area contributed by atoms with Gasteiger partial charge in [-0.15, -0.1) is 0 Å². The van der Waals surface area contributed by atoms with E-state index in [2.05, 4.69) is 19.0 Å². The summed E-state index contributed by atoms with van der Waals surface area (Å²) in [7, 11) is -3.88. The zero-order valence-electron chi connectivity index (χ0n) is 14.1. The lowest BCUT2D eigenvalue weighted by molar-refractivity contribution is 0.417. The third-order valence-electron chi connectivity index (χ3n) is 3.87. The van der Waals surface area contributed by atoms with Crippen molar-refractivity contribution in [3.8, 4) is 22.5 Å². The minimum absolute atomic E-state index is 0.0272. The number of nitrogens with zero attached hydrogens (tertiary/aromatic N) is 1. The Morgan fingerprint density at radius 2 is 1.68 bits per heavy atom. The lowest BCUT2D eigenvalue weighted by Crippen LogP contribution is -2.13. The second-order valence-electron chi connectivity index (χ2n) is 6.34. The lowest BCUT2D eigenvalue weighted by Gasteiger charge is -2.09. The van der Waals surface area contributed by atoms with E-state index in [-0.39, 0.29) is 4.90 Å². The highest BCUT2D eigenvalue weighted by Crippen LogP contribution is 2.38. The average Bonchev–Trinajstić information content (AvgIpc) is 2.97. The number of aromatic nitrogens is 1. The molecule has 1 heterocycles. The molecule has 130 valence electrons. The molecule has 0 radical (unpaired) electrons. The van der Waals surface area contributed by atoms with Crippen LogP contribution in [0, 0.1) is 5.92 Å². The molecular weight excluding hydrogens is 336 g/mol. The van der Waals surface area contributed by atoms with Crippen LogP contribution >= 0.6 is 0 Å². The van der Waals surface area contributed by atoms with Crippen molar-refractivity contribution in [2.45, 2.75) is 25.2 Å². The Hall–Kier alpha value is -2.44. The van der Waals surface area contributed by atoms with Crippen LogP contribution in [-0.4, -0.2) is 13.6 Å². The molecule has 6 heteroatoms. The SMILES string of the molecule is CC(C)Cc1noc(-c2ccccc2S(N)(=O)=O)c1-c1ccccc1. The molecular formula is C19H20N2O3S. The van der Waals surface area contributed by atoms with Gasteiger partial charge in [-0.05, 0) is 30.0 Å². The summed E-state index contributed by atoms with van der Waals surface area (Å²) in [6.45, 7) is 4.20. The van der Waals surface area contributed by atoms with Crippen molar-refractivity contribution >= 4 is 10.0 Å². The molecule has 0 amide bonds. The third-order valence-corrected chi connectivity index (χ3v) is 4.83. The average molecular weight is 356 g/mol. The molecule has 3 rings (SSSR count). The fourth-order valence-electron chi connectivity index (χ4n) is 2.84. The molecule has 0 aliphatic heterocycles. The highest BCUT2D eigenvalue weighted by Gasteiger charge is 2.24. The fraction of sp³-hybridized carbons (Fsp3) is 0.211. The van der Waals surface area contributed by atoms with E-state index < -0.39 is 10.0 Å². The Bertz CT molecular complexity index is 977. The Morgan fingerprint density at radius 1 is 1.04 bits per heavy atom. The van der Waals surface area contributed by atoms with Crippen LogP contribution in [0.1, 0.15) is 19.5 Å². The summed E-state index contributed by atoms with van der Waals surface area (Å²) in [5.74, 6) is 0.806. The number of nitrogens with two attached hydrogens (primary N) is 1. The molecule has 0 atom stereocenters. The summed E-state index contributed by atoms with van der Waals surface area (Å²) in [5, 5.41) is 9.60. The molecule has 3 aromatic rings. The lowest BCUT2D eigenvalue weighted by atomic mass is 9.96. The first-order valence-electron chi connectivity index (χ1n) is 8.04. The van der Waals surface area contributed by atoms with Crippen LogP contribution in [0.4, 0.5) is 0 Å². The van der Waals surface area contributed by atoms with Gasteiger partial charge in [-0.25, -0.2) is 13.6 Å². The van der Waals surface area contributed by atoms with Crippen LogP contribution in [-0.2, 0) is 16.4 Å². The van der Waals surface area contributed by atoms with Crippen molar-refractivity contribution in [1.29, 1.82) is 0 Å². The van der Waals surface area contributed by atoms with Crippen LogP contribution in [0.5, 0.6) is 0 Å². The van der Waals surface area contributed by atoms with Gasteiger partial charge in [0.25, 0.3) is 0 Å². The van der Waals surface area contributed by atoms with Crippen molar-refractivity contribution in [1.82, 2.24) is 5.16 Å². The van der Waals surface area contributed by atoms with Crippen LogP contribution < -0.4 is 5.14 Å². The number of benzene rings is 2. The fourth-order valence-corrected chi connectivity index (χ4v) is 3.57. The van der Waals surface area contributed by atoms with Gasteiger partial charge >= 0.3 is 0 Å². The van der Waals surface area contributed by atoms with E-state index in [1.807, 2.05) is 30.3 Å². The molecule has 0 fully saturated rings. The van der Waals surface area contributed by atoms with Gasteiger partial charge in [-0.3, -0.25) is 0 Å². The minimum atomic E-state index is -3.88. The van der Waals surface area contributed by atoms with Gasteiger partial charge in [0.1, 0.15) is 0 Å².